The summed E-state index contributed by atoms with van der Waals surface area (Å²) in [6.07, 6.45) is 6.98. The van der Waals surface area contributed by atoms with Gasteiger partial charge in [0.1, 0.15) is 0 Å². The number of rotatable bonds is 9. The van der Waals surface area contributed by atoms with E-state index in [-0.39, 0.29) is 29.2 Å². The van der Waals surface area contributed by atoms with E-state index < -0.39 is 10.8 Å². The van der Waals surface area contributed by atoms with Gasteiger partial charge in [0.25, 0.3) is 0 Å². The number of nitrogens with zero attached hydrogens (tertiary/aromatic N) is 1. The molecule has 1 saturated heterocycles. The number of amides is 1. The summed E-state index contributed by atoms with van der Waals surface area (Å²) in [5.74, 6) is 1.51. The van der Waals surface area contributed by atoms with Gasteiger partial charge in [-0.1, -0.05) is 44.5 Å². The van der Waals surface area contributed by atoms with Crippen LogP contribution < -0.4 is 0 Å². The Labute approximate surface area is 177 Å². The maximum atomic E-state index is 13.5. The average Bonchev–Trinajstić information content (AvgIpc) is 3.53. The van der Waals surface area contributed by atoms with Crippen molar-refractivity contribution in [3.8, 4) is 0 Å². The molecular formula is C23H34ClNO2S. The first-order valence-electron chi connectivity index (χ1n) is 10.9. The van der Waals surface area contributed by atoms with Gasteiger partial charge in [-0.2, -0.15) is 0 Å². The number of likely N-dealkylation sites (tertiary alicyclic amines) is 1. The average molecular weight is 424 g/mol. The highest BCUT2D eigenvalue weighted by atomic mass is 35.5. The van der Waals surface area contributed by atoms with Crippen molar-refractivity contribution in [3.05, 3.63) is 34.9 Å². The molecule has 0 aromatic heterocycles. The molecule has 2 fully saturated rings. The standard InChI is InChI=1S/C23H34ClNO2S/c1-4-16-11-14-21(17-9-12-19(24)13-10-17)25(23(16)26)22(18-7-8-18)15-28(27)20(5-2)6-3/h9-10,12-13,16,18,20-22H,4-8,11,14-15H2,1-3H3. The van der Waals surface area contributed by atoms with Gasteiger partial charge in [-0.15, -0.1) is 0 Å². The fraction of sp³-hybridized carbons (Fsp3) is 0.696. The summed E-state index contributed by atoms with van der Waals surface area (Å²) in [4.78, 5) is 15.6. The summed E-state index contributed by atoms with van der Waals surface area (Å²) in [6.45, 7) is 6.35. The Hall–Kier alpha value is -0.870. The van der Waals surface area contributed by atoms with E-state index in [4.69, 9.17) is 11.6 Å². The first kappa shape index (κ1) is 21.8. The van der Waals surface area contributed by atoms with E-state index >= 15 is 0 Å². The van der Waals surface area contributed by atoms with Gasteiger partial charge in [0.15, 0.2) is 0 Å². The highest BCUT2D eigenvalue weighted by Gasteiger charge is 2.45. The summed E-state index contributed by atoms with van der Waals surface area (Å²) < 4.78 is 13.1. The Kier molecular flexibility index (Phi) is 7.60. The van der Waals surface area contributed by atoms with Gasteiger partial charge in [-0.05, 0) is 68.6 Å². The van der Waals surface area contributed by atoms with E-state index in [2.05, 4.69) is 37.8 Å². The molecule has 0 radical (unpaired) electrons. The largest absolute Gasteiger partial charge is 0.331 e. The van der Waals surface area contributed by atoms with Crippen LogP contribution in [-0.4, -0.2) is 32.1 Å². The zero-order valence-electron chi connectivity index (χ0n) is 17.4. The number of hydrogen-bond donors (Lipinski definition) is 0. The number of hydrogen-bond acceptors (Lipinski definition) is 2. The molecule has 5 heteroatoms. The molecule has 4 atom stereocenters. The number of piperidine rings is 1. The van der Waals surface area contributed by atoms with Crippen LogP contribution >= 0.6 is 11.6 Å². The molecule has 156 valence electrons. The van der Waals surface area contributed by atoms with Gasteiger partial charge in [-0.3, -0.25) is 9.00 Å². The third-order valence-corrected chi connectivity index (χ3v) is 8.95. The summed E-state index contributed by atoms with van der Waals surface area (Å²) in [7, 11) is -0.888. The van der Waals surface area contributed by atoms with Crippen molar-refractivity contribution in [1.29, 1.82) is 0 Å². The predicted molar refractivity (Wildman–Crippen MR) is 118 cm³/mol. The molecule has 0 spiro atoms. The molecule has 4 unspecified atom stereocenters. The molecule has 1 heterocycles. The predicted octanol–water partition coefficient (Wildman–Crippen LogP) is 5.75. The Morgan fingerprint density at radius 1 is 1.07 bits per heavy atom. The van der Waals surface area contributed by atoms with Crippen LogP contribution in [0, 0.1) is 11.8 Å². The second kappa shape index (κ2) is 9.75. The molecule has 2 aliphatic rings. The van der Waals surface area contributed by atoms with E-state index in [1.807, 2.05) is 12.1 Å². The van der Waals surface area contributed by atoms with Crippen molar-refractivity contribution in [2.45, 2.75) is 83.1 Å². The van der Waals surface area contributed by atoms with Crippen molar-refractivity contribution >= 4 is 28.3 Å². The summed E-state index contributed by atoms with van der Waals surface area (Å²) >= 11 is 6.10. The molecular weight excluding hydrogens is 390 g/mol. The Morgan fingerprint density at radius 3 is 2.25 bits per heavy atom. The lowest BCUT2D eigenvalue weighted by atomic mass is 9.85. The van der Waals surface area contributed by atoms with Crippen molar-refractivity contribution in [2.24, 2.45) is 11.8 Å². The minimum absolute atomic E-state index is 0.0804. The topological polar surface area (TPSA) is 37.4 Å². The molecule has 1 saturated carbocycles. The monoisotopic (exact) mass is 423 g/mol. The van der Waals surface area contributed by atoms with Gasteiger partial charge in [0, 0.05) is 38.8 Å². The first-order chi connectivity index (χ1) is 13.5. The van der Waals surface area contributed by atoms with Crippen LogP contribution in [0.25, 0.3) is 0 Å². The highest BCUT2D eigenvalue weighted by Crippen LogP contribution is 2.44. The van der Waals surface area contributed by atoms with E-state index in [1.165, 1.54) is 0 Å². The maximum absolute atomic E-state index is 13.5. The third kappa shape index (κ3) is 4.81. The lowest BCUT2D eigenvalue weighted by Gasteiger charge is -2.44. The number of carbonyl (C=O) groups excluding carboxylic acids is 1. The van der Waals surface area contributed by atoms with Gasteiger partial charge in [-0.25, -0.2) is 0 Å². The van der Waals surface area contributed by atoms with Crippen molar-refractivity contribution in [1.82, 2.24) is 4.90 Å². The van der Waals surface area contributed by atoms with Crippen LogP contribution in [-0.2, 0) is 15.6 Å². The molecule has 1 amide bonds. The zero-order chi connectivity index (χ0) is 20.3. The van der Waals surface area contributed by atoms with Crippen molar-refractivity contribution in [3.63, 3.8) is 0 Å². The first-order valence-corrected chi connectivity index (χ1v) is 12.7. The number of carbonyl (C=O) groups is 1. The van der Waals surface area contributed by atoms with Crippen LogP contribution in [0.2, 0.25) is 5.02 Å². The third-order valence-electron chi connectivity index (χ3n) is 6.62. The molecule has 1 aliphatic carbocycles. The Bertz CT molecular complexity index is 684. The molecule has 1 aromatic rings. The second-order valence-electron chi connectivity index (χ2n) is 8.39. The lowest BCUT2D eigenvalue weighted by Crippen LogP contribution is -2.52. The van der Waals surface area contributed by atoms with Crippen LogP contribution in [0.15, 0.2) is 24.3 Å². The second-order valence-corrected chi connectivity index (χ2v) is 10.6. The van der Waals surface area contributed by atoms with Crippen LogP contribution in [0.1, 0.15) is 77.3 Å². The normalized spacial score (nSPS) is 25.2. The molecule has 0 bridgehead atoms. The van der Waals surface area contributed by atoms with Crippen molar-refractivity contribution in [2.75, 3.05) is 5.75 Å². The van der Waals surface area contributed by atoms with E-state index in [9.17, 15) is 9.00 Å². The molecule has 0 N–H and O–H groups in total. The number of halogens is 1. The smallest absolute Gasteiger partial charge is 0.226 e. The van der Waals surface area contributed by atoms with Crippen LogP contribution in [0.5, 0.6) is 0 Å². The number of benzene rings is 1. The van der Waals surface area contributed by atoms with Gasteiger partial charge < -0.3 is 4.90 Å². The molecule has 3 nitrogen and oxygen atoms in total. The van der Waals surface area contributed by atoms with E-state index in [0.29, 0.717) is 11.7 Å². The van der Waals surface area contributed by atoms with Gasteiger partial charge in [0.2, 0.25) is 5.91 Å². The zero-order valence-corrected chi connectivity index (χ0v) is 19.0. The van der Waals surface area contributed by atoms with Gasteiger partial charge in [0.05, 0.1) is 6.04 Å². The summed E-state index contributed by atoms with van der Waals surface area (Å²) in [5.41, 5.74) is 1.16. The molecule has 28 heavy (non-hydrogen) atoms. The van der Waals surface area contributed by atoms with Crippen LogP contribution in [0.4, 0.5) is 0 Å². The SMILES string of the molecule is CCC1CCC(c2ccc(Cl)cc2)N(C(CS(=O)C(CC)CC)C2CC2)C1=O. The Morgan fingerprint density at radius 2 is 1.71 bits per heavy atom. The minimum Gasteiger partial charge on any atom is -0.331 e. The van der Waals surface area contributed by atoms with Gasteiger partial charge >= 0.3 is 0 Å². The quantitative estimate of drug-likeness (QED) is 0.507. The maximum Gasteiger partial charge on any atom is 0.226 e. The highest BCUT2D eigenvalue weighted by molar-refractivity contribution is 7.85. The molecule has 1 aromatic carbocycles. The van der Waals surface area contributed by atoms with Crippen molar-refractivity contribution < 1.29 is 9.00 Å². The summed E-state index contributed by atoms with van der Waals surface area (Å²) in [6, 6.07) is 8.13. The Balaban J connectivity index is 1.91. The fourth-order valence-electron chi connectivity index (χ4n) is 4.66. The van der Waals surface area contributed by atoms with Crippen LogP contribution in [0.3, 0.4) is 0 Å². The fourth-order valence-corrected chi connectivity index (χ4v) is 6.57. The van der Waals surface area contributed by atoms with E-state index in [0.717, 1.165) is 55.5 Å². The summed E-state index contributed by atoms with van der Waals surface area (Å²) in [5, 5.41) is 0.953. The molecule has 1 aliphatic heterocycles. The lowest BCUT2D eigenvalue weighted by molar-refractivity contribution is -0.145. The minimum atomic E-state index is -0.888. The molecule has 3 rings (SSSR count). The van der Waals surface area contributed by atoms with E-state index in [1.54, 1.807) is 0 Å².